The zero-order valence-corrected chi connectivity index (χ0v) is 15.7. The van der Waals surface area contributed by atoms with E-state index in [9.17, 15) is 10.1 Å². The Morgan fingerprint density at radius 2 is 2.19 bits per heavy atom. The highest BCUT2D eigenvalue weighted by atomic mass is 32.2. The van der Waals surface area contributed by atoms with E-state index >= 15 is 0 Å². The molecule has 0 radical (unpaired) electrons. The van der Waals surface area contributed by atoms with Crippen LogP contribution in [0.15, 0.2) is 39.4 Å². The molecule has 0 atom stereocenters. The van der Waals surface area contributed by atoms with Crippen LogP contribution in [-0.2, 0) is 5.75 Å². The van der Waals surface area contributed by atoms with Gasteiger partial charge in [0.25, 0.3) is 0 Å². The molecule has 1 fully saturated rings. The van der Waals surface area contributed by atoms with Gasteiger partial charge in [0.1, 0.15) is 0 Å². The molecule has 9 heteroatoms. The maximum absolute atomic E-state index is 10.9. The van der Waals surface area contributed by atoms with Crippen molar-refractivity contribution in [2.75, 3.05) is 0 Å². The number of aromatic nitrogens is 3. The Morgan fingerprint density at radius 3 is 2.88 bits per heavy atom. The second-order valence-corrected chi connectivity index (χ2v) is 8.12. The van der Waals surface area contributed by atoms with E-state index in [2.05, 4.69) is 14.8 Å². The smallest absolute Gasteiger partial charge is 0.324 e. The van der Waals surface area contributed by atoms with Crippen LogP contribution in [0.1, 0.15) is 43.7 Å². The number of thiophene rings is 1. The minimum absolute atomic E-state index is 0.172. The summed E-state index contributed by atoms with van der Waals surface area (Å²) >= 11 is 2.73. The Hall–Kier alpha value is -2.13. The molecule has 0 bridgehead atoms. The molecule has 0 aromatic carbocycles. The van der Waals surface area contributed by atoms with Gasteiger partial charge in [0.05, 0.1) is 11.2 Å². The van der Waals surface area contributed by atoms with Crippen LogP contribution in [0.4, 0.5) is 5.00 Å². The zero-order valence-electron chi connectivity index (χ0n) is 14.0. The molecule has 0 aliphatic heterocycles. The van der Waals surface area contributed by atoms with E-state index in [1.165, 1.54) is 19.3 Å². The van der Waals surface area contributed by atoms with E-state index in [1.54, 1.807) is 24.1 Å². The number of rotatable bonds is 6. The first-order chi connectivity index (χ1) is 12.7. The molecule has 0 unspecified atom stereocenters. The summed E-state index contributed by atoms with van der Waals surface area (Å²) in [5.41, 5.74) is 0.935. The lowest BCUT2D eigenvalue weighted by atomic mass is 9.95. The largest absolute Gasteiger partial charge is 0.461 e. The molecule has 3 aromatic heterocycles. The summed E-state index contributed by atoms with van der Waals surface area (Å²) in [6, 6.07) is 5.76. The Morgan fingerprint density at radius 1 is 1.35 bits per heavy atom. The van der Waals surface area contributed by atoms with E-state index in [1.807, 2.05) is 17.5 Å². The number of hydrogen-bond donors (Lipinski definition) is 0. The molecule has 1 aliphatic rings. The minimum atomic E-state index is -0.349. The summed E-state index contributed by atoms with van der Waals surface area (Å²) in [5, 5.41) is 22.5. The van der Waals surface area contributed by atoms with Crippen LogP contribution >= 0.6 is 23.1 Å². The first-order valence-corrected chi connectivity index (χ1v) is 10.4. The molecule has 1 aliphatic carbocycles. The summed E-state index contributed by atoms with van der Waals surface area (Å²) in [6.07, 6.45) is 7.57. The quantitative estimate of drug-likeness (QED) is 0.322. The minimum Gasteiger partial charge on any atom is -0.461 e. The summed E-state index contributed by atoms with van der Waals surface area (Å²) < 4.78 is 7.75. The Balaban J connectivity index is 1.59. The summed E-state index contributed by atoms with van der Waals surface area (Å²) in [6.45, 7) is 0. The molecule has 4 rings (SSSR count). The van der Waals surface area contributed by atoms with Crippen molar-refractivity contribution in [2.24, 2.45) is 0 Å². The summed E-state index contributed by atoms with van der Waals surface area (Å²) in [4.78, 5) is 10.5. The highest BCUT2D eigenvalue weighted by molar-refractivity contribution is 7.98. The fraction of sp³-hybridized carbons (Fsp3) is 0.412. The summed E-state index contributed by atoms with van der Waals surface area (Å²) in [7, 11) is 0. The molecular weight excluding hydrogens is 372 g/mol. The molecular formula is C17H18N4O3S2. The van der Waals surface area contributed by atoms with E-state index in [4.69, 9.17) is 4.42 Å². The molecule has 3 aromatic rings. The summed E-state index contributed by atoms with van der Waals surface area (Å²) in [5.74, 6) is 2.12. The lowest BCUT2D eigenvalue weighted by Crippen LogP contribution is -2.15. The molecule has 7 nitrogen and oxygen atoms in total. The van der Waals surface area contributed by atoms with Crippen molar-refractivity contribution in [3.8, 4) is 11.6 Å². The van der Waals surface area contributed by atoms with Crippen LogP contribution in [0.25, 0.3) is 11.6 Å². The van der Waals surface area contributed by atoms with Gasteiger partial charge < -0.3 is 4.42 Å². The topological polar surface area (TPSA) is 87.0 Å². The molecule has 0 saturated heterocycles. The van der Waals surface area contributed by atoms with Crippen molar-refractivity contribution < 1.29 is 9.34 Å². The van der Waals surface area contributed by atoms with Crippen LogP contribution in [0, 0.1) is 10.1 Å². The van der Waals surface area contributed by atoms with E-state index in [-0.39, 0.29) is 9.92 Å². The van der Waals surface area contributed by atoms with Gasteiger partial charge in [-0.1, -0.05) is 42.4 Å². The van der Waals surface area contributed by atoms with Gasteiger partial charge in [-0.25, -0.2) is 0 Å². The van der Waals surface area contributed by atoms with Crippen LogP contribution < -0.4 is 0 Å². The lowest BCUT2D eigenvalue weighted by Gasteiger charge is -2.25. The van der Waals surface area contributed by atoms with Crippen molar-refractivity contribution in [1.29, 1.82) is 0 Å². The van der Waals surface area contributed by atoms with E-state index < -0.39 is 0 Å². The third-order valence-corrected chi connectivity index (χ3v) is 6.48. The Kier molecular flexibility index (Phi) is 5.07. The van der Waals surface area contributed by atoms with Gasteiger partial charge in [-0.15, -0.1) is 10.2 Å². The maximum Gasteiger partial charge on any atom is 0.324 e. The molecule has 0 amide bonds. The number of thioether (sulfide) groups is 1. The number of nitro groups is 1. The van der Waals surface area contributed by atoms with E-state index in [0.717, 1.165) is 46.5 Å². The SMILES string of the molecule is O=[N+]([O-])c1cc(CSc2nnc(-c3ccco3)n2C2CCCCC2)cs1. The van der Waals surface area contributed by atoms with Gasteiger partial charge in [0.2, 0.25) is 5.82 Å². The molecule has 1 saturated carbocycles. The van der Waals surface area contributed by atoms with Crippen LogP contribution in [-0.4, -0.2) is 19.7 Å². The standard InChI is InChI=1S/C17H18N4O3S2/c22-21(23)15-9-12(10-25-15)11-26-17-19-18-16(14-7-4-8-24-14)20(17)13-5-2-1-3-6-13/h4,7-10,13H,1-3,5-6,11H2. The Bertz CT molecular complexity index is 882. The second kappa shape index (κ2) is 7.63. The van der Waals surface area contributed by atoms with Gasteiger partial charge in [-0.3, -0.25) is 14.7 Å². The fourth-order valence-electron chi connectivity index (χ4n) is 3.30. The molecule has 136 valence electrons. The van der Waals surface area contributed by atoms with Crippen molar-refractivity contribution in [1.82, 2.24) is 14.8 Å². The number of nitrogens with zero attached hydrogens (tertiary/aromatic N) is 4. The predicted molar refractivity (Wildman–Crippen MR) is 100 cm³/mol. The van der Waals surface area contributed by atoms with Gasteiger partial charge in [0, 0.05) is 23.2 Å². The van der Waals surface area contributed by atoms with Gasteiger partial charge in [-0.2, -0.15) is 0 Å². The average Bonchev–Trinajstić information content (AvgIpc) is 3.39. The van der Waals surface area contributed by atoms with Crippen molar-refractivity contribution in [3.05, 3.63) is 45.5 Å². The highest BCUT2D eigenvalue weighted by Crippen LogP contribution is 2.37. The lowest BCUT2D eigenvalue weighted by molar-refractivity contribution is -0.380. The van der Waals surface area contributed by atoms with Crippen LogP contribution in [0.5, 0.6) is 0 Å². The Labute approximate surface area is 158 Å². The molecule has 0 N–H and O–H groups in total. The number of furan rings is 1. The first kappa shape index (κ1) is 17.3. The predicted octanol–water partition coefficient (Wildman–Crippen LogP) is 5.31. The maximum atomic E-state index is 10.9. The molecule has 3 heterocycles. The van der Waals surface area contributed by atoms with Gasteiger partial charge in [0.15, 0.2) is 10.9 Å². The third-order valence-electron chi connectivity index (χ3n) is 4.53. The monoisotopic (exact) mass is 390 g/mol. The second-order valence-electron chi connectivity index (χ2n) is 6.28. The third kappa shape index (κ3) is 3.54. The van der Waals surface area contributed by atoms with Crippen LogP contribution in [0.2, 0.25) is 0 Å². The number of hydrogen-bond acceptors (Lipinski definition) is 7. The average molecular weight is 390 g/mol. The fourth-order valence-corrected chi connectivity index (χ4v) is 5.07. The van der Waals surface area contributed by atoms with Crippen LogP contribution in [0.3, 0.4) is 0 Å². The van der Waals surface area contributed by atoms with Crippen molar-refractivity contribution >= 4 is 28.1 Å². The van der Waals surface area contributed by atoms with E-state index in [0.29, 0.717) is 11.8 Å². The van der Waals surface area contributed by atoms with Crippen molar-refractivity contribution in [3.63, 3.8) is 0 Å². The van der Waals surface area contributed by atoms with Crippen molar-refractivity contribution in [2.45, 2.75) is 49.1 Å². The normalized spacial score (nSPS) is 15.4. The highest BCUT2D eigenvalue weighted by Gasteiger charge is 2.25. The molecule has 26 heavy (non-hydrogen) atoms. The zero-order chi connectivity index (χ0) is 17.9. The first-order valence-electron chi connectivity index (χ1n) is 8.56. The van der Waals surface area contributed by atoms with Gasteiger partial charge in [-0.05, 0) is 30.5 Å². The van der Waals surface area contributed by atoms with Gasteiger partial charge >= 0.3 is 5.00 Å². The molecule has 0 spiro atoms.